The van der Waals surface area contributed by atoms with Gasteiger partial charge in [0.1, 0.15) is 0 Å². The van der Waals surface area contributed by atoms with E-state index in [9.17, 15) is 0 Å². The number of nitrogen functional groups attached to an aromatic ring is 1. The Labute approximate surface area is 92.4 Å². The van der Waals surface area contributed by atoms with Crippen LogP contribution >= 0.6 is 0 Å². The van der Waals surface area contributed by atoms with Crippen molar-refractivity contribution < 1.29 is 0 Å². The molecule has 0 saturated heterocycles. The first-order valence-corrected chi connectivity index (χ1v) is 5.37. The molecule has 0 atom stereocenters. The summed E-state index contributed by atoms with van der Waals surface area (Å²) in [6, 6.07) is 8.08. The average molecular weight is 204 g/mol. The van der Waals surface area contributed by atoms with Crippen molar-refractivity contribution in [2.75, 3.05) is 25.9 Å². The van der Waals surface area contributed by atoms with Crippen LogP contribution in [-0.4, -0.2) is 25.0 Å². The minimum atomic E-state index is 0.906. The summed E-state index contributed by atoms with van der Waals surface area (Å²) in [5.41, 5.74) is 8.03. The first-order chi connectivity index (χ1) is 7.24. The quantitative estimate of drug-likeness (QED) is 0.569. The maximum absolute atomic E-state index is 5.87. The third-order valence-electron chi connectivity index (χ3n) is 2.48. The largest absolute Gasteiger partial charge is 0.399 e. The van der Waals surface area contributed by atoms with Crippen LogP contribution in [-0.2, 0) is 6.42 Å². The fourth-order valence-corrected chi connectivity index (χ4v) is 1.61. The number of anilines is 1. The third-order valence-corrected chi connectivity index (χ3v) is 2.48. The van der Waals surface area contributed by atoms with Crippen molar-refractivity contribution in [1.82, 2.24) is 4.90 Å². The maximum Gasteiger partial charge on any atom is 0.0346 e. The van der Waals surface area contributed by atoms with E-state index in [2.05, 4.69) is 24.6 Å². The summed E-state index contributed by atoms with van der Waals surface area (Å²) < 4.78 is 0. The van der Waals surface area contributed by atoms with Crippen molar-refractivity contribution in [3.05, 3.63) is 42.5 Å². The number of aryl methyl sites for hydroxylation is 1. The number of para-hydroxylation sites is 1. The molecule has 0 saturated carbocycles. The van der Waals surface area contributed by atoms with Gasteiger partial charge in [-0.25, -0.2) is 0 Å². The molecule has 0 heterocycles. The lowest BCUT2D eigenvalue weighted by molar-refractivity contribution is 0.364. The van der Waals surface area contributed by atoms with Gasteiger partial charge in [-0.2, -0.15) is 0 Å². The number of rotatable bonds is 6. The topological polar surface area (TPSA) is 29.3 Å². The van der Waals surface area contributed by atoms with Crippen LogP contribution in [0.5, 0.6) is 0 Å². The second kappa shape index (κ2) is 6.25. The number of nitrogens with zero attached hydrogens (tertiary/aromatic N) is 1. The maximum atomic E-state index is 5.87. The smallest absolute Gasteiger partial charge is 0.0346 e. The second-order valence-corrected chi connectivity index (χ2v) is 3.85. The Bertz CT molecular complexity index is 307. The van der Waals surface area contributed by atoms with E-state index < -0.39 is 0 Å². The lowest BCUT2D eigenvalue weighted by Crippen LogP contribution is -2.19. The predicted octanol–water partition coefficient (Wildman–Crippen LogP) is 2.32. The summed E-state index contributed by atoms with van der Waals surface area (Å²) in [5.74, 6) is 0. The molecule has 0 fully saturated rings. The van der Waals surface area contributed by atoms with Crippen LogP contribution in [0, 0.1) is 0 Å². The minimum Gasteiger partial charge on any atom is -0.399 e. The summed E-state index contributed by atoms with van der Waals surface area (Å²) >= 11 is 0. The summed E-state index contributed by atoms with van der Waals surface area (Å²) in [6.45, 7) is 5.75. The van der Waals surface area contributed by atoms with Gasteiger partial charge in [0.05, 0.1) is 0 Å². The van der Waals surface area contributed by atoms with Crippen LogP contribution < -0.4 is 5.73 Å². The van der Waals surface area contributed by atoms with Gasteiger partial charge in [0.25, 0.3) is 0 Å². The van der Waals surface area contributed by atoms with Gasteiger partial charge >= 0.3 is 0 Å². The first-order valence-electron chi connectivity index (χ1n) is 5.37. The van der Waals surface area contributed by atoms with Gasteiger partial charge in [0, 0.05) is 12.2 Å². The highest BCUT2D eigenvalue weighted by Crippen LogP contribution is 2.12. The van der Waals surface area contributed by atoms with Crippen LogP contribution in [0.4, 0.5) is 5.69 Å². The van der Waals surface area contributed by atoms with E-state index in [0.29, 0.717) is 0 Å². The number of benzene rings is 1. The van der Waals surface area contributed by atoms with E-state index in [0.717, 1.165) is 31.6 Å². The molecule has 0 spiro atoms. The Kier molecular flexibility index (Phi) is 4.91. The van der Waals surface area contributed by atoms with Gasteiger partial charge in [0.2, 0.25) is 0 Å². The van der Waals surface area contributed by atoms with Crippen molar-refractivity contribution in [3.8, 4) is 0 Å². The van der Waals surface area contributed by atoms with E-state index in [1.54, 1.807) is 0 Å². The number of nitrogens with two attached hydrogens (primary N) is 1. The first kappa shape index (κ1) is 11.8. The number of likely N-dealkylation sites (N-methyl/N-ethyl adjacent to an activating group) is 1. The fourth-order valence-electron chi connectivity index (χ4n) is 1.61. The molecule has 2 heteroatoms. The molecule has 1 rings (SSSR count). The molecule has 0 amide bonds. The molecule has 0 bridgehead atoms. The van der Waals surface area contributed by atoms with Gasteiger partial charge in [0.15, 0.2) is 0 Å². The lowest BCUT2D eigenvalue weighted by atomic mass is 10.1. The highest BCUT2D eigenvalue weighted by Gasteiger charge is 1.99. The number of hydrogen-bond acceptors (Lipinski definition) is 2. The van der Waals surface area contributed by atoms with Crippen LogP contribution in [0.3, 0.4) is 0 Å². The molecule has 1 aromatic carbocycles. The zero-order chi connectivity index (χ0) is 11.1. The van der Waals surface area contributed by atoms with Crippen LogP contribution in [0.1, 0.15) is 12.0 Å². The normalized spacial score (nSPS) is 10.5. The summed E-state index contributed by atoms with van der Waals surface area (Å²) in [4.78, 5) is 2.26. The van der Waals surface area contributed by atoms with Gasteiger partial charge < -0.3 is 10.6 Å². The van der Waals surface area contributed by atoms with E-state index in [4.69, 9.17) is 5.73 Å². The molecule has 0 radical (unpaired) electrons. The Morgan fingerprint density at radius 2 is 2.13 bits per heavy atom. The van der Waals surface area contributed by atoms with E-state index in [1.807, 2.05) is 24.3 Å². The summed E-state index contributed by atoms with van der Waals surface area (Å²) in [5, 5.41) is 0. The van der Waals surface area contributed by atoms with Gasteiger partial charge in [-0.3, -0.25) is 0 Å². The Morgan fingerprint density at radius 3 is 2.80 bits per heavy atom. The molecule has 0 unspecified atom stereocenters. The molecular weight excluding hydrogens is 184 g/mol. The summed E-state index contributed by atoms with van der Waals surface area (Å²) in [7, 11) is 2.11. The molecule has 15 heavy (non-hydrogen) atoms. The summed E-state index contributed by atoms with van der Waals surface area (Å²) in [6.07, 6.45) is 4.11. The van der Waals surface area contributed by atoms with E-state index >= 15 is 0 Å². The van der Waals surface area contributed by atoms with Crippen LogP contribution in [0.15, 0.2) is 36.9 Å². The van der Waals surface area contributed by atoms with Gasteiger partial charge in [-0.15, -0.1) is 6.58 Å². The zero-order valence-corrected chi connectivity index (χ0v) is 9.45. The molecular formula is C13H20N2. The van der Waals surface area contributed by atoms with Crippen molar-refractivity contribution in [3.63, 3.8) is 0 Å². The minimum absolute atomic E-state index is 0.906. The Hall–Kier alpha value is -1.28. The molecule has 0 aromatic heterocycles. The molecule has 82 valence electrons. The molecule has 2 N–H and O–H groups in total. The number of hydrogen-bond donors (Lipinski definition) is 1. The predicted molar refractivity (Wildman–Crippen MR) is 66.9 cm³/mol. The fraction of sp³-hybridized carbons (Fsp3) is 0.385. The van der Waals surface area contributed by atoms with Gasteiger partial charge in [-0.05, 0) is 38.1 Å². The highest BCUT2D eigenvalue weighted by molar-refractivity contribution is 5.46. The van der Waals surface area contributed by atoms with E-state index in [-0.39, 0.29) is 0 Å². The van der Waals surface area contributed by atoms with Crippen molar-refractivity contribution in [1.29, 1.82) is 0 Å². The van der Waals surface area contributed by atoms with E-state index in [1.165, 1.54) is 5.56 Å². The van der Waals surface area contributed by atoms with Crippen LogP contribution in [0.2, 0.25) is 0 Å². The zero-order valence-electron chi connectivity index (χ0n) is 9.45. The lowest BCUT2D eigenvalue weighted by Gasteiger charge is -2.14. The molecule has 0 aliphatic rings. The molecule has 2 nitrogen and oxygen atoms in total. The SMILES string of the molecule is C=CCN(C)CCCc1ccccc1N. The Morgan fingerprint density at radius 1 is 1.40 bits per heavy atom. The van der Waals surface area contributed by atoms with Crippen LogP contribution in [0.25, 0.3) is 0 Å². The third kappa shape index (κ3) is 4.17. The molecule has 0 aliphatic heterocycles. The van der Waals surface area contributed by atoms with Crippen molar-refractivity contribution in [2.24, 2.45) is 0 Å². The molecule has 1 aromatic rings. The van der Waals surface area contributed by atoms with Crippen molar-refractivity contribution >= 4 is 5.69 Å². The Balaban J connectivity index is 2.31. The van der Waals surface area contributed by atoms with Gasteiger partial charge in [-0.1, -0.05) is 24.3 Å². The average Bonchev–Trinajstić information content (AvgIpc) is 2.21. The second-order valence-electron chi connectivity index (χ2n) is 3.85. The highest BCUT2D eigenvalue weighted by atomic mass is 15.1. The molecule has 0 aliphatic carbocycles. The van der Waals surface area contributed by atoms with Crippen molar-refractivity contribution in [2.45, 2.75) is 12.8 Å². The monoisotopic (exact) mass is 204 g/mol. The standard InChI is InChI=1S/C13H20N2/c1-3-10-15(2)11-6-8-12-7-4-5-9-13(12)14/h3-5,7,9H,1,6,8,10-11,14H2,2H3.